The Morgan fingerprint density at radius 1 is 1.39 bits per heavy atom. The van der Waals surface area contributed by atoms with Crippen LogP contribution in [0.3, 0.4) is 0 Å². The van der Waals surface area contributed by atoms with Gasteiger partial charge in [-0.25, -0.2) is 4.39 Å². The van der Waals surface area contributed by atoms with E-state index in [-0.39, 0.29) is 29.8 Å². The number of hydrogen-bond acceptors (Lipinski definition) is 4. The number of hydrogen-bond donors (Lipinski definition) is 1. The molecule has 3 atom stereocenters. The van der Waals surface area contributed by atoms with Crippen LogP contribution in [0.4, 0.5) is 10.1 Å². The van der Waals surface area contributed by atoms with Gasteiger partial charge in [0.05, 0.1) is 10.5 Å². The molecule has 6 nitrogen and oxygen atoms in total. The molecule has 1 aromatic rings. The van der Waals surface area contributed by atoms with E-state index in [1.54, 1.807) is 4.90 Å². The van der Waals surface area contributed by atoms with Crippen molar-refractivity contribution in [2.24, 2.45) is 5.92 Å². The highest BCUT2D eigenvalue weighted by Crippen LogP contribution is 2.41. The van der Waals surface area contributed by atoms with Gasteiger partial charge in [-0.3, -0.25) is 19.8 Å². The number of likely N-dealkylation sites (tertiary alicyclic amines) is 1. The molecule has 1 saturated heterocycles. The number of fused-ring (bicyclic) bond motifs is 1. The lowest BCUT2D eigenvalue weighted by Gasteiger charge is -2.32. The fraction of sp³-hybridized carbons (Fsp3) is 0.562. The average molecular weight is 322 g/mol. The molecule has 7 heteroatoms. The fourth-order valence-corrected chi connectivity index (χ4v) is 4.08. The van der Waals surface area contributed by atoms with Gasteiger partial charge in [-0.15, -0.1) is 0 Å². The molecule has 23 heavy (non-hydrogen) atoms. The molecule has 1 saturated carbocycles. The number of nitrogens with zero attached hydrogens (tertiary/aromatic N) is 2. The maximum Gasteiger partial charge on any atom is 0.320 e. The molecule has 0 bridgehead atoms. The SMILES string of the molecule is O=C(O)C1CC2CCCCC2N1Cc1c(F)cccc1[N+](=O)[O-]. The van der Waals surface area contributed by atoms with Crippen LogP contribution in [-0.2, 0) is 11.3 Å². The van der Waals surface area contributed by atoms with Crippen LogP contribution in [0.25, 0.3) is 0 Å². The predicted molar refractivity (Wildman–Crippen MR) is 80.4 cm³/mol. The summed E-state index contributed by atoms with van der Waals surface area (Å²) in [6.07, 6.45) is 4.49. The molecule has 2 fully saturated rings. The highest BCUT2D eigenvalue weighted by atomic mass is 19.1. The minimum atomic E-state index is -0.932. The Bertz CT molecular complexity index is 637. The summed E-state index contributed by atoms with van der Waals surface area (Å²) >= 11 is 0. The first kappa shape index (κ1) is 15.9. The molecule has 1 aliphatic heterocycles. The summed E-state index contributed by atoms with van der Waals surface area (Å²) in [7, 11) is 0. The Labute approximate surface area is 133 Å². The summed E-state index contributed by atoms with van der Waals surface area (Å²) < 4.78 is 14.1. The van der Waals surface area contributed by atoms with Crippen LogP contribution in [0.15, 0.2) is 18.2 Å². The molecule has 0 spiro atoms. The average Bonchev–Trinajstić information content (AvgIpc) is 2.88. The highest BCUT2D eigenvalue weighted by molar-refractivity contribution is 5.74. The van der Waals surface area contributed by atoms with Gasteiger partial charge in [-0.05, 0) is 31.2 Å². The van der Waals surface area contributed by atoms with Crippen molar-refractivity contribution >= 4 is 11.7 Å². The lowest BCUT2D eigenvalue weighted by Crippen LogP contribution is -2.42. The normalized spacial score (nSPS) is 27.6. The largest absolute Gasteiger partial charge is 0.480 e. The number of carboxylic acids is 1. The Kier molecular flexibility index (Phi) is 4.30. The number of nitro benzene ring substituents is 1. The molecular formula is C16H19FN2O4. The Hall–Kier alpha value is -2.02. The van der Waals surface area contributed by atoms with Gasteiger partial charge in [0.1, 0.15) is 11.9 Å². The summed E-state index contributed by atoms with van der Waals surface area (Å²) in [6.45, 7) is -0.0267. The van der Waals surface area contributed by atoms with Crippen LogP contribution in [0.2, 0.25) is 0 Å². The van der Waals surface area contributed by atoms with Crippen molar-refractivity contribution in [2.45, 2.75) is 50.7 Å². The van der Waals surface area contributed by atoms with E-state index in [1.807, 2.05) is 0 Å². The van der Waals surface area contributed by atoms with Crippen molar-refractivity contribution in [3.63, 3.8) is 0 Å². The van der Waals surface area contributed by atoms with Crippen LogP contribution in [-0.4, -0.2) is 33.0 Å². The summed E-state index contributed by atoms with van der Waals surface area (Å²) in [5.74, 6) is -1.29. The molecule has 2 aliphatic rings. The van der Waals surface area contributed by atoms with E-state index >= 15 is 0 Å². The van der Waals surface area contributed by atoms with Crippen LogP contribution < -0.4 is 0 Å². The van der Waals surface area contributed by atoms with Crippen LogP contribution >= 0.6 is 0 Å². The monoisotopic (exact) mass is 322 g/mol. The van der Waals surface area contributed by atoms with Gasteiger partial charge in [-0.1, -0.05) is 18.9 Å². The third kappa shape index (κ3) is 2.93. The summed E-state index contributed by atoms with van der Waals surface area (Å²) in [5.41, 5.74) is -0.302. The molecule has 1 heterocycles. The van der Waals surface area contributed by atoms with E-state index in [0.717, 1.165) is 25.7 Å². The molecule has 0 amide bonds. The smallest absolute Gasteiger partial charge is 0.320 e. The Balaban J connectivity index is 1.94. The second-order valence-electron chi connectivity index (χ2n) is 6.37. The number of carboxylic acid groups (broad SMARTS) is 1. The first-order valence-electron chi connectivity index (χ1n) is 7.89. The first-order chi connectivity index (χ1) is 11.0. The maximum atomic E-state index is 14.1. The molecule has 1 aromatic carbocycles. The van der Waals surface area contributed by atoms with Gasteiger partial charge >= 0.3 is 5.97 Å². The van der Waals surface area contributed by atoms with E-state index in [0.29, 0.717) is 6.42 Å². The molecule has 3 rings (SSSR count). The van der Waals surface area contributed by atoms with Crippen molar-refractivity contribution in [1.29, 1.82) is 0 Å². The van der Waals surface area contributed by atoms with Gasteiger partial charge in [0.15, 0.2) is 0 Å². The summed E-state index contributed by atoms with van der Waals surface area (Å²) in [6, 6.07) is 3.14. The Morgan fingerprint density at radius 2 is 2.13 bits per heavy atom. The van der Waals surface area contributed by atoms with Crippen LogP contribution in [0, 0.1) is 21.8 Å². The third-order valence-electron chi connectivity index (χ3n) is 5.14. The second-order valence-corrected chi connectivity index (χ2v) is 6.37. The van der Waals surface area contributed by atoms with Gasteiger partial charge in [0, 0.05) is 18.7 Å². The van der Waals surface area contributed by atoms with E-state index < -0.39 is 22.8 Å². The number of halogens is 1. The van der Waals surface area contributed by atoms with Gasteiger partial charge < -0.3 is 5.11 Å². The zero-order chi connectivity index (χ0) is 16.6. The quantitative estimate of drug-likeness (QED) is 0.680. The molecule has 0 aromatic heterocycles. The molecule has 0 radical (unpaired) electrons. The lowest BCUT2D eigenvalue weighted by molar-refractivity contribution is -0.386. The zero-order valence-corrected chi connectivity index (χ0v) is 12.7. The molecule has 124 valence electrons. The van der Waals surface area contributed by atoms with Crippen molar-refractivity contribution in [3.8, 4) is 0 Å². The van der Waals surface area contributed by atoms with E-state index in [4.69, 9.17) is 0 Å². The molecule has 3 unspecified atom stereocenters. The van der Waals surface area contributed by atoms with Gasteiger partial charge in [0.25, 0.3) is 5.69 Å². The van der Waals surface area contributed by atoms with Gasteiger partial charge in [0.2, 0.25) is 0 Å². The van der Waals surface area contributed by atoms with E-state index in [1.165, 1.54) is 18.2 Å². The standard InChI is InChI=1S/C16H19FN2O4/c17-12-5-3-7-14(19(22)23)11(12)9-18-13-6-2-1-4-10(13)8-15(18)16(20)21/h3,5,7,10,13,15H,1-2,4,6,8-9H2,(H,20,21). The van der Waals surface area contributed by atoms with Crippen LogP contribution in [0.5, 0.6) is 0 Å². The summed E-state index contributed by atoms with van der Waals surface area (Å²) in [4.78, 5) is 23.9. The number of aliphatic carboxylic acids is 1. The molecule has 1 aliphatic carbocycles. The topological polar surface area (TPSA) is 83.7 Å². The number of carbonyl (C=O) groups is 1. The Morgan fingerprint density at radius 3 is 2.83 bits per heavy atom. The minimum Gasteiger partial charge on any atom is -0.480 e. The van der Waals surface area contributed by atoms with E-state index in [9.17, 15) is 24.4 Å². The van der Waals surface area contributed by atoms with Crippen molar-refractivity contribution in [2.75, 3.05) is 0 Å². The minimum absolute atomic E-state index is 0.0185. The van der Waals surface area contributed by atoms with Crippen LogP contribution in [0.1, 0.15) is 37.7 Å². The second kappa shape index (κ2) is 6.23. The third-order valence-corrected chi connectivity index (χ3v) is 5.14. The van der Waals surface area contributed by atoms with Crippen molar-refractivity contribution in [1.82, 2.24) is 4.90 Å². The maximum absolute atomic E-state index is 14.1. The zero-order valence-electron chi connectivity index (χ0n) is 12.7. The summed E-state index contributed by atoms with van der Waals surface area (Å²) in [5, 5.41) is 20.6. The molecular weight excluding hydrogens is 303 g/mol. The van der Waals surface area contributed by atoms with Crippen molar-refractivity contribution < 1.29 is 19.2 Å². The van der Waals surface area contributed by atoms with Crippen molar-refractivity contribution in [3.05, 3.63) is 39.7 Å². The predicted octanol–water partition coefficient (Wildman–Crippen LogP) is 2.95. The van der Waals surface area contributed by atoms with Gasteiger partial charge in [-0.2, -0.15) is 0 Å². The number of benzene rings is 1. The van der Waals surface area contributed by atoms with E-state index in [2.05, 4.69) is 0 Å². The number of nitro groups is 1. The fourth-order valence-electron chi connectivity index (χ4n) is 4.08. The first-order valence-corrected chi connectivity index (χ1v) is 7.89. The highest BCUT2D eigenvalue weighted by Gasteiger charge is 2.45. The number of rotatable bonds is 4. The lowest BCUT2D eigenvalue weighted by atomic mass is 9.84. The molecule has 1 N–H and O–H groups in total.